The fourth-order valence-electron chi connectivity index (χ4n) is 3.96. The van der Waals surface area contributed by atoms with Crippen molar-refractivity contribution in [3.05, 3.63) is 94.6 Å². The van der Waals surface area contributed by atoms with Gasteiger partial charge in [0.25, 0.3) is 0 Å². The van der Waals surface area contributed by atoms with Gasteiger partial charge < -0.3 is 0 Å². The molecule has 1 fully saturated rings. The first-order valence-electron chi connectivity index (χ1n) is 10.6. The summed E-state index contributed by atoms with van der Waals surface area (Å²) in [6, 6.07) is 10.9. The van der Waals surface area contributed by atoms with Gasteiger partial charge in [-0.05, 0) is 53.5 Å². The normalized spacial score (nSPS) is 17.9. The summed E-state index contributed by atoms with van der Waals surface area (Å²) >= 11 is 0. The Morgan fingerprint density at radius 1 is 0.667 bits per heavy atom. The van der Waals surface area contributed by atoms with E-state index in [1.807, 2.05) is 12.1 Å². The van der Waals surface area contributed by atoms with E-state index in [0.29, 0.717) is 11.5 Å². The van der Waals surface area contributed by atoms with E-state index in [1.165, 1.54) is 43.4 Å². The van der Waals surface area contributed by atoms with Crippen LogP contribution in [0.5, 0.6) is 0 Å². The molecule has 0 heterocycles. The van der Waals surface area contributed by atoms with Crippen LogP contribution in [0.1, 0.15) is 49.7 Å². The van der Waals surface area contributed by atoms with E-state index in [-0.39, 0.29) is 12.1 Å². The van der Waals surface area contributed by atoms with Crippen LogP contribution in [0.15, 0.2) is 48.5 Å². The second-order valence-electron chi connectivity index (χ2n) is 8.31. The first-order valence-corrected chi connectivity index (χ1v) is 10.6. The lowest BCUT2D eigenvalue weighted by molar-refractivity contribution is 0.348. The lowest BCUT2D eigenvalue weighted by Gasteiger charge is -2.26. The van der Waals surface area contributed by atoms with Crippen LogP contribution in [-0.2, 0) is 6.67 Å². The van der Waals surface area contributed by atoms with E-state index < -0.39 is 47.1 Å². The van der Waals surface area contributed by atoms with Crippen LogP contribution in [0.25, 0.3) is 11.1 Å². The summed E-state index contributed by atoms with van der Waals surface area (Å²) in [5.74, 6) is -6.07. The van der Waals surface area contributed by atoms with Gasteiger partial charge in [-0.3, -0.25) is 0 Å². The van der Waals surface area contributed by atoms with Crippen LogP contribution in [0, 0.1) is 40.8 Å². The fourth-order valence-corrected chi connectivity index (χ4v) is 3.96. The molecule has 0 aliphatic heterocycles. The van der Waals surface area contributed by atoms with Crippen LogP contribution < -0.4 is 0 Å². The molecule has 0 nitrogen and oxygen atoms in total. The molecule has 7 heteroatoms. The third-order valence-corrected chi connectivity index (χ3v) is 5.95. The lowest BCUT2D eigenvalue weighted by Crippen LogP contribution is -2.10. The molecule has 3 aromatic carbocycles. The molecule has 33 heavy (non-hydrogen) atoms. The molecule has 1 aliphatic carbocycles. The number of rotatable bonds is 3. The van der Waals surface area contributed by atoms with Gasteiger partial charge in [-0.25, -0.2) is 30.7 Å². The third-order valence-electron chi connectivity index (χ3n) is 5.95. The quantitative estimate of drug-likeness (QED) is 0.205. The van der Waals surface area contributed by atoms with E-state index in [9.17, 15) is 30.7 Å². The smallest absolute Gasteiger partial charge is 0.194 e. The van der Waals surface area contributed by atoms with E-state index in [2.05, 4.69) is 19.1 Å². The minimum Gasteiger partial charge on any atom is -0.246 e. The van der Waals surface area contributed by atoms with Crippen LogP contribution in [0.2, 0.25) is 0 Å². The van der Waals surface area contributed by atoms with Crippen molar-refractivity contribution >= 4 is 0 Å². The standard InChI is InChI=1S/C20H21F3.C6H2F4/c1-13-2-4-14(5-3-13)15-6-8-16(9-7-15)17-10-19(22)18(12-21)20(23)11-17;7-3-1-4(8)6(10)5(9)2-3/h6-11,13-14H,2-5,12H2,1H3;1-2H. The predicted molar refractivity (Wildman–Crippen MR) is 113 cm³/mol. The molecule has 0 unspecified atom stereocenters. The van der Waals surface area contributed by atoms with Crippen molar-refractivity contribution < 1.29 is 30.7 Å². The first-order chi connectivity index (χ1) is 15.7. The maximum absolute atomic E-state index is 13.7. The Morgan fingerprint density at radius 2 is 1.18 bits per heavy atom. The zero-order valence-corrected chi connectivity index (χ0v) is 18.0. The summed E-state index contributed by atoms with van der Waals surface area (Å²) in [6.45, 7) is 1.17. The highest BCUT2D eigenvalue weighted by atomic mass is 19.2. The monoisotopic (exact) mass is 468 g/mol. The number of hydrogen-bond acceptors (Lipinski definition) is 0. The molecular formula is C26H23F7. The fraction of sp³-hybridized carbons (Fsp3) is 0.308. The lowest BCUT2D eigenvalue weighted by atomic mass is 9.79. The van der Waals surface area contributed by atoms with Gasteiger partial charge in [0, 0.05) is 12.1 Å². The molecule has 0 bridgehead atoms. The molecule has 4 rings (SSSR count). The number of benzene rings is 3. The topological polar surface area (TPSA) is 0 Å². The summed E-state index contributed by atoms with van der Waals surface area (Å²) < 4.78 is 88.0. The summed E-state index contributed by atoms with van der Waals surface area (Å²) in [5.41, 5.74) is 1.99. The van der Waals surface area contributed by atoms with Gasteiger partial charge in [0.2, 0.25) is 0 Å². The Balaban J connectivity index is 0.000000257. The Bertz CT molecular complexity index is 1040. The Kier molecular flexibility index (Phi) is 8.16. The van der Waals surface area contributed by atoms with Gasteiger partial charge in [-0.1, -0.05) is 44.0 Å². The third kappa shape index (κ3) is 6.15. The second kappa shape index (κ2) is 10.9. The average Bonchev–Trinajstić information content (AvgIpc) is 2.78. The van der Waals surface area contributed by atoms with Crippen molar-refractivity contribution in [1.82, 2.24) is 0 Å². The maximum Gasteiger partial charge on any atom is 0.194 e. The zero-order valence-electron chi connectivity index (χ0n) is 18.0. The van der Waals surface area contributed by atoms with Crippen molar-refractivity contribution in [2.24, 2.45) is 5.92 Å². The number of hydrogen-bond donors (Lipinski definition) is 0. The van der Waals surface area contributed by atoms with Gasteiger partial charge in [0.1, 0.15) is 24.1 Å². The molecule has 0 spiro atoms. The summed E-state index contributed by atoms with van der Waals surface area (Å²) in [5, 5.41) is 0. The largest absolute Gasteiger partial charge is 0.246 e. The van der Waals surface area contributed by atoms with Crippen LogP contribution >= 0.6 is 0 Å². The molecule has 0 N–H and O–H groups in total. The highest BCUT2D eigenvalue weighted by molar-refractivity contribution is 5.64. The second-order valence-corrected chi connectivity index (χ2v) is 8.31. The van der Waals surface area contributed by atoms with E-state index in [0.717, 1.165) is 11.5 Å². The molecule has 1 saturated carbocycles. The minimum absolute atomic E-state index is 0.276. The summed E-state index contributed by atoms with van der Waals surface area (Å²) in [6.07, 6.45) is 4.92. The Morgan fingerprint density at radius 3 is 1.67 bits per heavy atom. The molecule has 176 valence electrons. The molecule has 0 atom stereocenters. The summed E-state index contributed by atoms with van der Waals surface area (Å²) in [4.78, 5) is 0. The van der Waals surface area contributed by atoms with Gasteiger partial charge in [0.15, 0.2) is 17.5 Å². The molecule has 0 radical (unpaired) electrons. The van der Waals surface area contributed by atoms with Crippen molar-refractivity contribution in [3.63, 3.8) is 0 Å². The van der Waals surface area contributed by atoms with Gasteiger partial charge in [0.05, 0.1) is 5.56 Å². The molecule has 0 amide bonds. The van der Waals surface area contributed by atoms with Crippen LogP contribution in [-0.4, -0.2) is 0 Å². The Labute approximate surface area is 188 Å². The van der Waals surface area contributed by atoms with E-state index >= 15 is 0 Å². The average molecular weight is 468 g/mol. The number of halogens is 7. The van der Waals surface area contributed by atoms with E-state index in [4.69, 9.17) is 0 Å². The van der Waals surface area contributed by atoms with Crippen molar-refractivity contribution in [2.45, 2.75) is 45.2 Å². The Hall–Kier alpha value is -2.83. The molecule has 0 saturated heterocycles. The SMILES string of the molecule is CC1CCC(c2ccc(-c3cc(F)c(CF)c(F)c3)cc2)CC1.Fc1cc(F)c(F)c(F)c1. The maximum atomic E-state index is 13.7. The van der Waals surface area contributed by atoms with E-state index in [1.54, 1.807) is 0 Å². The van der Waals surface area contributed by atoms with Crippen molar-refractivity contribution in [1.29, 1.82) is 0 Å². The van der Waals surface area contributed by atoms with Crippen LogP contribution in [0.4, 0.5) is 30.7 Å². The van der Waals surface area contributed by atoms with Gasteiger partial charge in [-0.15, -0.1) is 0 Å². The molecule has 0 aromatic heterocycles. The highest BCUT2D eigenvalue weighted by Gasteiger charge is 2.20. The van der Waals surface area contributed by atoms with Gasteiger partial charge in [-0.2, -0.15) is 0 Å². The molecular weight excluding hydrogens is 445 g/mol. The van der Waals surface area contributed by atoms with Crippen molar-refractivity contribution in [3.8, 4) is 11.1 Å². The van der Waals surface area contributed by atoms with Crippen molar-refractivity contribution in [2.75, 3.05) is 0 Å². The number of alkyl halides is 1. The molecule has 3 aromatic rings. The zero-order chi connectivity index (χ0) is 24.1. The highest BCUT2D eigenvalue weighted by Crippen LogP contribution is 2.36. The van der Waals surface area contributed by atoms with Gasteiger partial charge >= 0.3 is 0 Å². The first kappa shape index (κ1) is 24.8. The molecule has 1 aliphatic rings. The summed E-state index contributed by atoms with van der Waals surface area (Å²) in [7, 11) is 0. The minimum atomic E-state index is -1.65. The van der Waals surface area contributed by atoms with Crippen LogP contribution in [0.3, 0.4) is 0 Å². The predicted octanol–water partition coefficient (Wildman–Crippen LogP) is 8.64.